The van der Waals surface area contributed by atoms with Crippen molar-refractivity contribution in [3.63, 3.8) is 0 Å². The Balaban J connectivity index is 2.76. The number of hydrogen-bond acceptors (Lipinski definition) is 2. The molecule has 1 N–H and O–H groups in total. The third-order valence-corrected chi connectivity index (χ3v) is 3.32. The van der Waals surface area contributed by atoms with E-state index in [1.807, 2.05) is 0 Å². The molecule has 80 valence electrons. The van der Waals surface area contributed by atoms with Gasteiger partial charge in [-0.3, -0.25) is 0 Å². The molecule has 0 aromatic carbocycles. The fourth-order valence-corrected chi connectivity index (χ4v) is 2.17. The van der Waals surface area contributed by atoms with Crippen LogP contribution in [0.25, 0.3) is 0 Å². The van der Waals surface area contributed by atoms with Crippen molar-refractivity contribution in [1.82, 2.24) is 0 Å². The van der Waals surface area contributed by atoms with Gasteiger partial charge in [0, 0.05) is 6.61 Å². The predicted molar refractivity (Wildman–Crippen MR) is 62.4 cm³/mol. The topological polar surface area (TPSA) is 20.2 Å². The summed E-state index contributed by atoms with van der Waals surface area (Å²) in [5, 5.41) is 8.56. The molecular weight excluding hydrogens is 180 g/mol. The predicted octanol–water partition coefficient (Wildman–Crippen LogP) is 3.46. The van der Waals surface area contributed by atoms with Crippen LogP contribution in [0.3, 0.4) is 0 Å². The summed E-state index contributed by atoms with van der Waals surface area (Å²) in [5.74, 6) is 2.67. The van der Waals surface area contributed by atoms with Gasteiger partial charge in [0.1, 0.15) is 0 Å². The van der Waals surface area contributed by atoms with E-state index >= 15 is 0 Å². The summed E-state index contributed by atoms with van der Waals surface area (Å²) in [6.45, 7) is 2.61. The largest absolute Gasteiger partial charge is 0.396 e. The van der Waals surface area contributed by atoms with Gasteiger partial charge in [0.15, 0.2) is 0 Å². The molecule has 2 heteroatoms. The molecule has 0 aliphatic rings. The summed E-state index contributed by atoms with van der Waals surface area (Å²) in [4.78, 5) is 0. The molecule has 0 atom stereocenters. The van der Waals surface area contributed by atoms with Crippen LogP contribution in [0.4, 0.5) is 0 Å². The Morgan fingerprint density at radius 3 is 2.08 bits per heavy atom. The van der Waals surface area contributed by atoms with Gasteiger partial charge in [-0.05, 0) is 30.8 Å². The van der Waals surface area contributed by atoms with Gasteiger partial charge in [-0.15, -0.1) is 0 Å². The lowest BCUT2D eigenvalue weighted by molar-refractivity contribution is 0.282. The van der Waals surface area contributed by atoms with Crippen molar-refractivity contribution in [2.24, 2.45) is 0 Å². The lowest BCUT2D eigenvalue weighted by atomic mass is 10.1. The molecule has 0 saturated carbocycles. The average Bonchev–Trinajstić information content (AvgIpc) is 2.16. The number of aliphatic hydroxyl groups excluding tert-OH is 1. The van der Waals surface area contributed by atoms with Gasteiger partial charge in [-0.2, -0.15) is 11.8 Å². The second-order valence-electron chi connectivity index (χ2n) is 3.46. The standard InChI is InChI=1S/C11H24OS/c1-2-10-13-11-8-6-4-3-5-7-9-12/h12H,2-11H2,1H3. The van der Waals surface area contributed by atoms with E-state index in [1.165, 1.54) is 50.0 Å². The van der Waals surface area contributed by atoms with E-state index in [2.05, 4.69) is 18.7 Å². The molecule has 0 heterocycles. The molecular formula is C11H24OS. The molecule has 0 rings (SSSR count). The van der Waals surface area contributed by atoms with Crippen molar-refractivity contribution in [2.75, 3.05) is 18.1 Å². The van der Waals surface area contributed by atoms with Crippen LogP contribution in [0.2, 0.25) is 0 Å². The number of thioether (sulfide) groups is 1. The zero-order chi connectivity index (χ0) is 9.78. The Morgan fingerprint density at radius 2 is 1.46 bits per heavy atom. The van der Waals surface area contributed by atoms with Gasteiger partial charge in [0.2, 0.25) is 0 Å². The Hall–Kier alpha value is 0.310. The minimum absolute atomic E-state index is 0.367. The molecule has 0 spiro atoms. The molecule has 0 aromatic rings. The van der Waals surface area contributed by atoms with E-state index in [9.17, 15) is 0 Å². The van der Waals surface area contributed by atoms with Crippen molar-refractivity contribution < 1.29 is 5.11 Å². The first kappa shape index (κ1) is 13.3. The summed E-state index contributed by atoms with van der Waals surface area (Å²) in [5.41, 5.74) is 0. The summed E-state index contributed by atoms with van der Waals surface area (Å²) < 4.78 is 0. The molecule has 0 aliphatic heterocycles. The van der Waals surface area contributed by atoms with E-state index in [0.29, 0.717) is 6.61 Å². The van der Waals surface area contributed by atoms with Crippen molar-refractivity contribution in [3.8, 4) is 0 Å². The molecule has 0 saturated heterocycles. The van der Waals surface area contributed by atoms with Crippen molar-refractivity contribution in [2.45, 2.75) is 51.9 Å². The molecule has 0 radical (unpaired) electrons. The number of aliphatic hydroxyl groups is 1. The first-order valence-corrected chi connectivity index (χ1v) is 6.76. The van der Waals surface area contributed by atoms with Gasteiger partial charge in [-0.1, -0.05) is 32.6 Å². The van der Waals surface area contributed by atoms with Gasteiger partial charge in [0.05, 0.1) is 0 Å². The highest BCUT2D eigenvalue weighted by atomic mass is 32.2. The second-order valence-corrected chi connectivity index (χ2v) is 4.68. The van der Waals surface area contributed by atoms with Gasteiger partial charge < -0.3 is 5.11 Å². The fourth-order valence-electron chi connectivity index (χ4n) is 1.27. The average molecular weight is 204 g/mol. The van der Waals surface area contributed by atoms with Gasteiger partial charge in [-0.25, -0.2) is 0 Å². The van der Waals surface area contributed by atoms with E-state index in [-0.39, 0.29) is 0 Å². The normalized spacial score (nSPS) is 10.6. The van der Waals surface area contributed by atoms with Crippen LogP contribution < -0.4 is 0 Å². The van der Waals surface area contributed by atoms with Crippen molar-refractivity contribution >= 4 is 11.8 Å². The maximum Gasteiger partial charge on any atom is 0.0431 e. The molecule has 0 amide bonds. The lowest BCUT2D eigenvalue weighted by Crippen LogP contribution is -1.86. The summed E-state index contributed by atoms with van der Waals surface area (Å²) in [7, 11) is 0. The Kier molecular flexibility index (Phi) is 12.6. The number of unbranched alkanes of at least 4 members (excludes halogenated alkanes) is 5. The Labute approximate surface area is 87.3 Å². The molecule has 0 aliphatic carbocycles. The van der Waals surface area contributed by atoms with E-state index < -0.39 is 0 Å². The smallest absolute Gasteiger partial charge is 0.0431 e. The van der Waals surface area contributed by atoms with Gasteiger partial charge in [0.25, 0.3) is 0 Å². The second kappa shape index (κ2) is 12.3. The maximum absolute atomic E-state index is 8.56. The van der Waals surface area contributed by atoms with E-state index in [1.54, 1.807) is 0 Å². The molecule has 13 heavy (non-hydrogen) atoms. The molecule has 0 unspecified atom stereocenters. The SMILES string of the molecule is CCCSCCCCCCCCO. The Bertz CT molecular complexity index is 76.2. The van der Waals surface area contributed by atoms with Crippen LogP contribution in [-0.4, -0.2) is 23.2 Å². The first-order chi connectivity index (χ1) is 6.41. The van der Waals surface area contributed by atoms with E-state index in [0.717, 1.165) is 6.42 Å². The highest BCUT2D eigenvalue weighted by Gasteiger charge is 1.91. The fraction of sp³-hybridized carbons (Fsp3) is 1.00. The third-order valence-electron chi connectivity index (χ3n) is 2.05. The minimum Gasteiger partial charge on any atom is -0.396 e. The van der Waals surface area contributed by atoms with Crippen LogP contribution in [0, 0.1) is 0 Å². The lowest BCUT2D eigenvalue weighted by Gasteiger charge is -2.00. The highest BCUT2D eigenvalue weighted by Crippen LogP contribution is 2.10. The maximum atomic E-state index is 8.56. The van der Waals surface area contributed by atoms with Crippen molar-refractivity contribution in [3.05, 3.63) is 0 Å². The van der Waals surface area contributed by atoms with E-state index in [4.69, 9.17) is 5.11 Å². The zero-order valence-corrected chi connectivity index (χ0v) is 9.74. The van der Waals surface area contributed by atoms with Crippen LogP contribution in [-0.2, 0) is 0 Å². The van der Waals surface area contributed by atoms with Crippen LogP contribution in [0.15, 0.2) is 0 Å². The number of rotatable bonds is 10. The first-order valence-electron chi connectivity index (χ1n) is 5.60. The monoisotopic (exact) mass is 204 g/mol. The quantitative estimate of drug-likeness (QED) is 0.550. The molecule has 1 nitrogen and oxygen atoms in total. The Morgan fingerprint density at radius 1 is 0.846 bits per heavy atom. The zero-order valence-electron chi connectivity index (χ0n) is 8.93. The number of hydrogen-bond donors (Lipinski definition) is 1. The van der Waals surface area contributed by atoms with Crippen molar-refractivity contribution in [1.29, 1.82) is 0 Å². The molecule has 0 aromatic heterocycles. The van der Waals surface area contributed by atoms with Gasteiger partial charge >= 0.3 is 0 Å². The van der Waals surface area contributed by atoms with Crippen LogP contribution in [0.1, 0.15) is 51.9 Å². The third kappa shape index (κ3) is 12.3. The molecule has 0 fully saturated rings. The van der Waals surface area contributed by atoms with Crippen LogP contribution in [0.5, 0.6) is 0 Å². The summed E-state index contributed by atoms with van der Waals surface area (Å²) in [6.07, 6.45) is 8.92. The molecule has 0 bridgehead atoms. The van der Waals surface area contributed by atoms with Crippen LogP contribution >= 0.6 is 11.8 Å². The summed E-state index contributed by atoms with van der Waals surface area (Å²) >= 11 is 2.08. The minimum atomic E-state index is 0.367. The summed E-state index contributed by atoms with van der Waals surface area (Å²) in [6, 6.07) is 0. The highest BCUT2D eigenvalue weighted by molar-refractivity contribution is 7.99.